The molecule has 0 spiro atoms. The van der Waals surface area contributed by atoms with Crippen LogP contribution in [0.2, 0.25) is 0 Å². The lowest BCUT2D eigenvalue weighted by Crippen LogP contribution is -2.33. The number of imide groups is 1. The van der Waals surface area contributed by atoms with E-state index in [9.17, 15) is 14.7 Å². The highest BCUT2D eigenvalue weighted by Crippen LogP contribution is 2.36. The highest BCUT2D eigenvalue weighted by molar-refractivity contribution is 6.22. The maximum absolute atomic E-state index is 12.1. The summed E-state index contributed by atoms with van der Waals surface area (Å²) < 4.78 is 0. The maximum Gasteiger partial charge on any atom is 0.239 e. The van der Waals surface area contributed by atoms with Crippen LogP contribution in [0.5, 0.6) is 0 Å². The first-order valence-electron chi connectivity index (χ1n) is 5.53. The smallest absolute Gasteiger partial charge is 0.239 e. The molecule has 0 saturated carbocycles. The fraction of sp³-hybridized carbons (Fsp3) is 0.385. The number of benzene rings is 1. The van der Waals surface area contributed by atoms with Gasteiger partial charge in [0, 0.05) is 12.0 Å². The summed E-state index contributed by atoms with van der Waals surface area (Å²) in [6.45, 7) is 3.33. The average Bonchev–Trinajstić information content (AvgIpc) is 2.48. The Balaban J connectivity index is 2.47. The van der Waals surface area contributed by atoms with Gasteiger partial charge in [0.15, 0.2) is 0 Å². The topological polar surface area (TPSA) is 57.6 Å². The predicted octanol–water partition coefficient (Wildman–Crippen LogP) is 1.47. The van der Waals surface area contributed by atoms with Gasteiger partial charge in [-0.15, -0.1) is 0 Å². The van der Waals surface area contributed by atoms with E-state index in [1.165, 1.54) is 4.90 Å². The summed E-state index contributed by atoms with van der Waals surface area (Å²) >= 11 is 0. The number of aliphatic hydroxyl groups is 1. The van der Waals surface area contributed by atoms with Crippen molar-refractivity contribution in [2.75, 3.05) is 4.90 Å². The molecule has 0 atom stereocenters. The van der Waals surface area contributed by atoms with E-state index in [1.807, 2.05) is 0 Å². The van der Waals surface area contributed by atoms with Crippen molar-refractivity contribution in [2.45, 2.75) is 26.9 Å². The molecule has 0 radical (unpaired) electrons. The minimum Gasteiger partial charge on any atom is -0.392 e. The molecule has 4 nitrogen and oxygen atoms in total. The Labute approximate surface area is 99.9 Å². The molecule has 0 aliphatic carbocycles. The zero-order chi connectivity index (χ0) is 12.6. The monoisotopic (exact) mass is 233 g/mol. The number of nitrogens with zero attached hydrogens (tertiary/aromatic N) is 1. The van der Waals surface area contributed by atoms with Crippen LogP contribution in [0, 0.1) is 5.41 Å². The first kappa shape index (κ1) is 11.8. The van der Waals surface area contributed by atoms with Crippen molar-refractivity contribution in [1.82, 2.24) is 0 Å². The van der Waals surface area contributed by atoms with Crippen molar-refractivity contribution in [3.05, 3.63) is 29.8 Å². The third-order valence-corrected chi connectivity index (χ3v) is 3.03. The highest BCUT2D eigenvalue weighted by Gasteiger charge is 2.45. The van der Waals surface area contributed by atoms with Gasteiger partial charge in [-0.2, -0.15) is 0 Å². The van der Waals surface area contributed by atoms with E-state index in [4.69, 9.17) is 0 Å². The molecular weight excluding hydrogens is 218 g/mol. The van der Waals surface area contributed by atoms with Crippen molar-refractivity contribution in [3.63, 3.8) is 0 Å². The Morgan fingerprint density at radius 2 is 1.94 bits per heavy atom. The first-order chi connectivity index (χ1) is 7.97. The van der Waals surface area contributed by atoms with Crippen LogP contribution in [0.4, 0.5) is 5.69 Å². The zero-order valence-corrected chi connectivity index (χ0v) is 9.93. The molecule has 2 amide bonds. The highest BCUT2D eigenvalue weighted by atomic mass is 16.3. The number of carbonyl (C=O) groups is 2. The summed E-state index contributed by atoms with van der Waals surface area (Å²) in [6.07, 6.45) is 0.214. The fourth-order valence-corrected chi connectivity index (χ4v) is 2.06. The van der Waals surface area contributed by atoms with Gasteiger partial charge >= 0.3 is 0 Å². The molecule has 1 aliphatic heterocycles. The molecule has 2 rings (SSSR count). The lowest BCUT2D eigenvalue weighted by molar-refractivity contribution is -0.124. The number of anilines is 1. The van der Waals surface area contributed by atoms with Crippen molar-refractivity contribution < 1.29 is 14.7 Å². The van der Waals surface area contributed by atoms with Gasteiger partial charge in [0.2, 0.25) is 11.8 Å². The van der Waals surface area contributed by atoms with Gasteiger partial charge < -0.3 is 5.11 Å². The van der Waals surface area contributed by atoms with Gasteiger partial charge in [0.1, 0.15) is 0 Å². The maximum atomic E-state index is 12.1. The second kappa shape index (κ2) is 3.96. The summed E-state index contributed by atoms with van der Waals surface area (Å²) in [5.41, 5.74) is 0.433. The molecule has 1 aliphatic rings. The third-order valence-electron chi connectivity index (χ3n) is 3.03. The number of hydrogen-bond acceptors (Lipinski definition) is 3. The van der Waals surface area contributed by atoms with Gasteiger partial charge in [-0.3, -0.25) is 9.59 Å². The first-order valence-corrected chi connectivity index (χ1v) is 5.53. The van der Waals surface area contributed by atoms with Gasteiger partial charge in [0.25, 0.3) is 0 Å². The van der Waals surface area contributed by atoms with Crippen molar-refractivity contribution in [2.24, 2.45) is 5.41 Å². The molecule has 0 unspecified atom stereocenters. The molecule has 0 aromatic heterocycles. The van der Waals surface area contributed by atoms with Gasteiger partial charge in [-0.05, 0) is 6.07 Å². The number of rotatable bonds is 2. The quantitative estimate of drug-likeness (QED) is 0.787. The van der Waals surface area contributed by atoms with E-state index >= 15 is 0 Å². The van der Waals surface area contributed by atoms with E-state index in [1.54, 1.807) is 38.1 Å². The molecule has 1 saturated heterocycles. The van der Waals surface area contributed by atoms with E-state index in [0.29, 0.717) is 11.3 Å². The second-order valence-electron chi connectivity index (χ2n) is 4.88. The molecule has 1 aromatic carbocycles. The lowest BCUT2D eigenvalue weighted by Gasteiger charge is -2.19. The minimum absolute atomic E-state index is 0.187. The van der Waals surface area contributed by atoms with Crippen LogP contribution in [0.15, 0.2) is 24.3 Å². The van der Waals surface area contributed by atoms with Gasteiger partial charge in [0.05, 0.1) is 17.7 Å². The number of amides is 2. The van der Waals surface area contributed by atoms with Crippen LogP contribution in [-0.4, -0.2) is 16.9 Å². The summed E-state index contributed by atoms with van der Waals surface area (Å²) in [5, 5.41) is 9.23. The molecule has 17 heavy (non-hydrogen) atoms. The Bertz CT molecular complexity index is 479. The van der Waals surface area contributed by atoms with Crippen LogP contribution < -0.4 is 4.90 Å². The number of hydrogen-bond donors (Lipinski definition) is 1. The standard InChI is InChI=1S/C13H15NO3/c1-13(2)7-11(16)14(12(13)17)10-6-4-3-5-9(10)8-15/h3-6,15H,7-8H2,1-2H3. The number of carbonyl (C=O) groups excluding carboxylic acids is 2. The molecule has 1 fully saturated rings. The van der Waals surface area contributed by atoms with Gasteiger partial charge in [-0.1, -0.05) is 32.0 Å². The fourth-order valence-electron chi connectivity index (χ4n) is 2.06. The van der Waals surface area contributed by atoms with Crippen molar-refractivity contribution in [1.29, 1.82) is 0 Å². The number of para-hydroxylation sites is 1. The van der Waals surface area contributed by atoms with E-state index in [-0.39, 0.29) is 24.8 Å². The van der Waals surface area contributed by atoms with Crippen LogP contribution in [0.1, 0.15) is 25.8 Å². The predicted molar refractivity (Wildman–Crippen MR) is 63.3 cm³/mol. The normalized spacial score (nSPS) is 18.9. The zero-order valence-electron chi connectivity index (χ0n) is 9.93. The minimum atomic E-state index is -0.653. The van der Waals surface area contributed by atoms with Crippen LogP contribution in [0.25, 0.3) is 0 Å². The number of aliphatic hydroxyl groups excluding tert-OH is 1. The second-order valence-corrected chi connectivity index (χ2v) is 4.88. The van der Waals surface area contributed by atoms with E-state index in [0.717, 1.165) is 0 Å². The average molecular weight is 233 g/mol. The van der Waals surface area contributed by atoms with Crippen LogP contribution >= 0.6 is 0 Å². The molecule has 0 bridgehead atoms. The summed E-state index contributed by atoms with van der Waals surface area (Å²) in [6, 6.07) is 6.91. The summed E-state index contributed by atoms with van der Waals surface area (Å²) in [7, 11) is 0. The Kier molecular flexibility index (Phi) is 2.75. The van der Waals surface area contributed by atoms with Crippen LogP contribution in [-0.2, 0) is 16.2 Å². The van der Waals surface area contributed by atoms with E-state index < -0.39 is 5.41 Å². The molecule has 1 N–H and O–H groups in total. The third kappa shape index (κ3) is 1.85. The van der Waals surface area contributed by atoms with Crippen LogP contribution in [0.3, 0.4) is 0 Å². The SMILES string of the molecule is CC1(C)CC(=O)N(c2ccccc2CO)C1=O. The van der Waals surface area contributed by atoms with Crippen molar-refractivity contribution >= 4 is 17.5 Å². The van der Waals surface area contributed by atoms with Gasteiger partial charge in [-0.25, -0.2) is 4.90 Å². The molecule has 90 valence electrons. The summed E-state index contributed by atoms with van der Waals surface area (Å²) in [4.78, 5) is 25.2. The Hall–Kier alpha value is -1.68. The Morgan fingerprint density at radius 1 is 1.29 bits per heavy atom. The van der Waals surface area contributed by atoms with Crippen molar-refractivity contribution in [3.8, 4) is 0 Å². The molecule has 1 heterocycles. The lowest BCUT2D eigenvalue weighted by atomic mass is 9.92. The largest absolute Gasteiger partial charge is 0.392 e. The summed E-state index contributed by atoms with van der Waals surface area (Å²) in [5.74, 6) is -0.413. The van der Waals surface area contributed by atoms with E-state index in [2.05, 4.69) is 0 Å². The molecule has 1 aromatic rings. The Morgan fingerprint density at radius 3 is 2.47 bits per heavy atom. The molecular formula is C13H15NO3. The molecule has 4 heteroatoms.